The molecule has 1 aromatic heterocycles. The van der Waals surface area contributed by atoms with Crippen LogP contribution in [0, 0.1) is 0 Å². The lowest BCUT2D eigenvalue weighted by molar-refractivity contribution is -0.145. The van der Waals surface area contributed by atoms with Gasteiger partial charge in [-0.15, -0.1) is 11.3 Å². The minimum absolute atomic E-state index is 0.143. The Hall–Kier alpha value is -1.39. The van der Waals surface area contributed by atoms with Crippen molar-refractivity contribution >= 4 is 28.9 Å². The topological polar surface area (TPSA) is 39.2 Å². The summed E-state index contributed by atoms with van der Waals surface area (Å²) in [6.07, 6.45) is 2.50. The zero-order chi connectivity index (χ0) is 14.8. The average Bonchev–Trinajstić information content (AvgIpc) is 2.98. The molecule has 3 rings (SSSR count). The predicted octanol–water partition coefficient (Wildman–Crippen LogP) is 3.98. The summed E-state index contributed by atoms with van der Waals surface area (Å²) in [7, 11) is 0. The number of halogens is 1. The number of carbonyl (C=O) groups is 1. The minimum Gasteiger partial charge on any atom is -0.465 e. The van der Waals surface area contributed by atoms with E-state index in [-0.39, 0.29) is 11.9 Å². The number of hydrogen-bond acceptors (Lipinski definition) is 4. The molecule has 0 aliphatic heterocycles. The highest BCUT2D eigenvalue weighted by Gasteiger charge is 2.33. The average molecular weight is 322 g/mol. The Bertz CT molecular complexity index is 668. The van der Waals surface area contributed by atoms with Crippen LogP contribution in [0.4, 0.5) is 0 Å². The fourth-order valence-corrected chi connectivity index (χ4v) is 4.04. The maximum Gasteiger partial charge on any atom is 0.315 e. The summed E-state index contributed by atoms with van der Waals surface area (Å²) in [6.45, 7) is 2.25. The van der Waals surface area contributed by atoms with Crippen molar-refractivity contribution in [2.45, 2.75) is 32.1 Å². The Morgan fingerprint density at radius 1 is 1.52 bits per heavy atom. The molecular formula is C16H16ClNO2S. The van der Waals surface area contributed by atoms with Gasteiger partial charge in [0.15, 0.2) is 0 Å². The maximum atomic E-state index is 11.9. The van der Waals surface area contributed by atoms with Crippen molar-refractivity contribution < 1.29 is 9.53 Å². The van der Waals surface area contributed by atoms with Gasteiger partial charge in [0.1, 0.15) is 5.92 Å². The number of nitrogens with zero attached hydrogens (tertiary/aromatic N) is 1. The van der Waals surface area contributed by atoms with E-state index >= 15 is 0 Å². The SMILES string of the molecule is CCOC(=O)C1CCc2sc(Cc3cccc(Cl)c3)nc21. The van der Waals surface area contributed by atoms with Crippen LogP contribution in [0.5, 0.6) is 0 Å². The second-order valence-electron chi connectivity index (χ2n) is 5.07. The van der Waals surface area contributed by atoms with Crippen LogP contribution in [-0.2, 0) is 22.4 Å². The number of ether oxygens (including phenoxy) is 1. The zero-order valence-electron chi connectivity index (χ0n) is 11.8. The lowest BCUT2D eigenvalue weighted by Gasteiger charge is -2.07. The lowest BCUT2D eigenvalue weighted by atomic mass is 10.1. The van der Waals surface area contributed by atoms with Crippen LogP contribution in [0.2, 0.25) is 5.02 Å². The van der Waals surface area contributed by atoms with Gasteiger partial charge in [0.25, 0.3) is 0 Å². The number of benzene rings is 1. The summed E-state index contributed by atoms with van der Waals surface area (Å²) in [5, 5.41) is 1.78. The van der Waals surface area contributed by atoms with E-state index in [0.29, 0.717) is 6.61 Å². The molecule has 0 radical (unpaired) electrons. The third-order valence-corrected chi connectivity index (χ3v) is 4.94. The highest BCUT2D eigenvalue weighted by molar-refractivity contribution is 7.11. The summed E-state index contributed by atoms with van der Waals surface area (Å²) >= 11 is 7.71. The number of hydrogen-bond donors (Lipinski definition) is 0. The molecule has 1 aromatic carbocycles. The van der Waals surface area contributed by atoms with Gasteiger partial charge < -0.3 is 4.74 Å². The van der Waals surface area contributed by atoms with Crippen molar-refractivity contribution in [1.29, 1.82) is 0 Å². The Morgan fingerprint density at radius 3 is 3.14 bits per heavy atom. The van der Waals surface area contributed by atoms with Gasteiger partial charge in [0.2, 0.25) is 0 Å². The molecule has 1 atom stereocenters. The molecule has 21 heavy (non-hydrogen) atoms. The van der Waals surface area contributed by atoms with Gasteiger partial charge >= 0.3 is 5.97 Å². The van der Waals surface area contributed by atoms with Gasteiger partial charge in [-0.25, -0.2) is 4.98 Å². The molecule has 1 unspecified atom stereocenters. The first-order valence-corrected chi connectivity index (χ1v) is 8.26. The molecule has 5 heteroatoms. The first-order valence-electron chi connectivity index (χ1n) is 7.07. The second kappa shape index (κ2) is 6.16. The van der Waals surface area contributed by atoms with E-state index in [0.717, 1.165) is 40.6 Å². The molecule has 0 N–H and O–H groups in total. The van der Waals surface area contributed by atoms with Gasteiger partial charge in [0.05, 0.1) is 17.3 Å². The van der Waals surface area contributed by atoms with Crippen LogP contribution in [0.1, 0.15) is 40.4 Å². The van der Waals surface area contributed by atoms with Crippen LogP contribution in [-0.4, -0.2) is 17.6 Å². The maximum absolute atomic E-state index is 11.9. The quantitative estimate of drug-likeness (QED) is 0.800. The number of rotatable bonds is 4. The van der Waals surface area contributed by atoms with Crippen LogP contribution in [0.25, 0.3) is 0 Å². The molecule has 0 fully saturated rings. The third-order valence-electron chi connectivity index (χ3n) is 3.58. The number of carbonyl (C=O) groups excluding carboxylic acids is 1. The van der Waals surface area contributed by atoms with Crippen molar-refractivity contribution in [2.75, 3.05) is 6.61 Å². The first-order chi connectivity index (χ1) is 10.2. The molecule has 0 saturated heterocycles. The van der Waals surface area contributed by atoms with Crippen LogP contribution in [0.15, 0.2) is 24.3 Å². The molecule has 2 aromatic rings. The standard InChI is InChI=1S/C16H16ClNO2S/c1-2-20-16(19)12-6-7-13-15(12)18-14(21-13)9-10-4-3-5-11(17)8-10/h3-5,8,12H,2,6-7,9H2,1H3. The van der Waals surface area contributed by atoms with E-state index in [4.69, 9.17) is 16.3 Å². The molecule has 0 bridgehead atoms. The largest absolute Gasteiger partial charge is 0.465 e. The van der Waals surface area contributed by atoms with E-state index in [1.165, 1.54) is 4.88 Å². The first kappa shape index (κ1) is 14.5. The molecule has 3 nitrogen and oxygen atoms in total. The summed E-state index contributed by atoms with van der Waals surface area (Å²) in [4.78, 5) is 17.8. The Morgan fingerprint density at radius 2 is 2.38 bits per heavy atom. The molecule has 0 amide bonds. The predicted molar refractivity (Wildman–Crippen MR) is 84.1 cm³/mol. The van der Waals surface area contributed by atoms with Crippen molar-refractivity contribution in [3.05, 3.63) is 50.4 Å². The summed E-state index contributed by atoms with van der Waals surface area (Å²) in [5.41, 5.74) is 2.07. The minimum atomic E-state index is -0.177. The Balaban J connectivity index is 1.79. The van der Waals surface area contributed by atoms with Crippen molar-refractivity contribution in [3.63, 3.8) is 0 Å². The van der Waals surface area contributed by atoms with Gasteiger partial charge in [-0.1, -0.05) is 23.7 Å². The Labute approximate surface area is 132 Å². The molecule has 0 spiro atoms. The van der Waals surface area contributed by atoms with Crippen LogP contribution in [0.3, 0.4) is 0 Å². The van der Waals surface area contributed by atoms with Gasteiger partial charge in [-0.2, -0.15) is 0 Å². The van der Waals surface area contributed by atoms with Crippen molar-refractivity contribution in [2.24, 2.45) is 0 Å². The summed E-state index contributed by atoms with van der Waals surface area (Å²) < 4.78 is 5.13. The van der Waals surface area contributed by atoms with Crippen molar-refractivity contribution in [1.82, 2.24) is 4.98 Å². The number of thiazole rings is 1. The van der Waals surface area contributed by atoms with Gasteiger partial charge in [-0.3, -0.25) is 4.79 Å². The summed E-state index contributed by atoms with van der Waals surface area (Å²) in [6, 6.07) is 7.81. The van der Waals surface area contributed by atoms with E-state index in [2.05, 4.69) is 4.98 Å². The molecule has 1 aliphatic rings. The van der Waals surface area contributed by atoms with E-state index in [9.17, 15) is 4.79 Å². The molecule has 1 heterocycles. The number of esters is 1. The van der Waals surface area contributed by atoms with Crippen molar-refractivity contribution in [3.8, 4) is 0 Å². The van der Waals surface area contributed by atoms with E-state index in [1.807, 2.05) is 31.2 Å². The molecule has 0 saturated carbocycles. The van der Waals surface area contributed by atoms with E-state index < -0.39 is 0 Å². The number of fused-ring (bicyclic) bond motifs is 1. The summed E-state index contributed by atoms with van der Waals surface area (Å²) in [5.74, 6) is -0.319. The lowest BCUT2D eigenvalue weighted by Crippen LogP contribution is -2.14. The zero-order valence-corrected chi connectivity index (χ0v) is 13.3. The monoisotopic (exact) mass is 321 g/mol. The Kier molecular flexibility index (Phi) is 4.27. The normalized spacial score (nSPS) is 16.8. The van der Waals surface area contributed by atoms with Crippen LogP contribution >= 0.6 is 22.9 Å². The molecule has 110 valence electrons. The highest BCUT2D eigenvalue weighted by Crippen LogP contribution is 2.37. The highest BCUT2D eigenvalue weighted by atomic mass is 35.5. The van der Waals surface area contributed by atoms with E-state index in [1.54, 1.807) is 11.3 Å². The molecule has 1 aliphatic carbocycles. The fourth-order valence-electron chi connectivity index (χ4n) is 2.65. The smallest absolute Gasteiger partial charge is 0.315 e. The third kappa shape index (κ3) is 3.11. The van der Waals surface area contributed by atoms with Crippen LogP contribution < -0.4 is 0 Å². The molecular weight excluding hydrogens is 306 g/mol. The van der Waals surface area contributed by atoms with Gasteiger partial charge in [0, 0.05) is 16.3 Å². The second-order valence-corrected chi connectivity index (χ2v) is 6.67. The number of aryl methyl sites for hydroxylation is 1. The fraction of sp³-hybridized carbons (Fsp3) is 0.375. The number of aromatic nitrogens is 1. The van der Waals surface area contributed by atoms with Gasteiger partial charge in [-0.05, 0) is 37.5 Å².